The third kappa shape index (κ3) is 6.82. The fourth-order valence-corrected chi connectivity index (χ4v) is 7.83. The molecule has 3 atom stereocenters. The number of halogens is 2. The van der Waals surface area contributed by atoms with E-state index in [1.807, 2.05) is 6.07 Å². The van der Waals surface area contributed by atoms with Crippen LogP contribution in [0.2, 0.25) is 0 Å². The van der Waals surface area contributed by atoms with Gasteiger partial charge in [-0.3, -0.25) is 19.1 Å². The number of aryl methyl sites for hydroxylation is 1. The van der Waals surface area contributed by atoms with Crippen molar-refractivity contribution in [2.45, 2.75) is 69.7 Å². The van der Waals surface area contributed by atoms with Gasteiger partial charge >= 0.3 is 5.97 Å². The Bertz CT molecular complexity index is 2300. The van der Waals surface area contributed by atoms with E-state index in [4.69, 9.17) is 4.74 Å². The molecule has 3 aromatic carbocycles. The predicted molar refractivity (Wildman–Crippen MR) is 193 cm³/mol. The molecule has 278 valence electrons. The average Bonchev–Trinajstić information content (AvgIpc) is 3.76. The van der Waals surface area contributed by atoms with Crippen LogP contribution in [0.3, 0.4) is 0 Å². The minimum absolute atomic E-state index is 0.0103. The molecule has 2 amide bonds. The van der Waals surface area contributed by atoms with Gasteiger partial charge in [0.25, 0.3) is 5.91 Å². The van der Waals surface area contributed by atoms with E-state index in [0.29, 0.717) is 34.4 Å². The molecular weight excluding hydrogens is 696 g/mol. The predicted octanol–water partition coefficient (Wildman–Crippen LogP) is 5.66. The molecule has 0 bridgehead atoms. The second-order valence-electron chi connectivity index (χ2n) is 14.5. The van der Waals surface area contributed by atoms with Gasteiger partial charge in [0.2, 0.25) is 5.91 Å². The van der Waals surface area contributed by atoms with E-state index in [1.165, 1.54) is 23.1 Å². The van der Waals surface area contributed by atoms with E-state index in [2.05, 4.69) is 21.6 Å². The first kappa shape index (κ1) is 36.4. The number of aliphatic carboxylic acids is 1. The Morgan fingerprint density at radius 3 is 2.54 bits per heavy atom. The van der Waals surface area contributed by atoms with Crippen molar-refractivity contribution in [3.05, 3.63) is 107 Å². The van der Waals surface area contributed by atoms with Gasteiger partial charge in [0.1, 0.15) is 23.6 Å². The summed E-state index contributed by atoms with van der Waals surface area (Å²) in [6.07, 6.45) is 7.69. The molecule has 2 aromatic heterocycles. The number of ether oxygens (including phenoxy) is 1. The summed E-state index contributed by atoms with van der Waals surface area (Å²) in [7, 11) is 1.71. The van der Waals surface area contributed by atoms with E-state index in [9.17, 15) is 29.1 Å². The Labute approximate surface area is 309 Å². The molecule has 5 aromatic rings. The molecule has 0 aliphatic carbocycles. The first-order chi connectivity index (χ1) is 25.9. The number of fused-ring (bicyclic) bond motifs is 2. The normalized spacial score (nSPS) is 17.1. The topological polar surface area (TPSA) is 155 Å². The number of carboxylic acid groups (broad SMARTS) is 1. The maximum atomic E-state index is 15.9. The zero-order valence-electron chi connectivity index (χ0n) is 30.1. The highest BCUT2D eigenvalue weighted by molar-refractivity contribution is 6.02. The Morgan fingerprint density at radius 1 is 1.09 bits per heavy atom. The van der Waals surface area contributed by atoms with E-state index in [0.717, 1.165) is 42.3 Å². The van der Waals surface area contributed by atoms with Crippen molar-refractivity contribution in [2.75, 3.05) is 13.2 Å². The molecule has 2 unspecified atom stereocenters. The number of nitrogens with zero attached hydrogens (tertiary/aromatic N) is 6. The van der Waals surface area contributed by atoms with Crippen molar-refractivity contribution >= 4 is 28.7 Å². The van der Waals surface area contributed by atoms with Crippen LogP contribution in [0.5, 0.6) is 0 Å². The Kier molecular flexibility index (Phi) is 9.76. The van der Waals surface area contributed by atoms with Gasteiger partial charge in [0.05, 0.1) is 40.6 Å². The summed E-state index contributed by atoms with van der Waals surface area (Å²) in [6.45, 7) is 3.75. The fraction of sp³-hybridized carbons (Fsp3) is 0.350. The molecule has 4 heterocycles. The Morgan fingerprint density at radius 2 is 1.87 bits per heavy atom. The van der Waals surface area contributed by atoms with Gasteiger partial charge in [-0.1, -0.05) is 18.2 Å². The highest BCUT2D eigenvalue weighted by Gasteiger charge is 2.42. The number of amides is 2. The van der Waals surface area contributed by atoms with Crippen molar-refractivity contribution in [1.82, 2.24) is 29.8 Å². The van der Waals surface area contributed by atoms with Crippen LogP contribution in [0, 0.1) is 23.0 Å². The van der Waals surface area contributed by atoms with Gasteiger partial charge in [-0.2, -0.15) is 15.5 Å². The number of carboxylic acids is 1. The zero-order chi connectivity index (χ0) is 38.3. The maximum absolute atomic E-state index is 15.9. The second-order valence-corrected chi connectivity index (χ2v) is 14.5. The largest absolute Gasteiger partial charge is 0.481 e. The van der Waals surface area contributed by atoms with Gasteiger partial charge in [-0.15, -0.1) is 0 Å². The zero-order valence-corrected chi connectivity index (χ0v) is 30.1. The SMILES string of the molecule is Cn1cc(C[C@H](C(=O)NC(C)(C)C(C(=O)O)c2ccc(F)cc2)N2CCc3c(-c4cc5cnn(C6CCCCO6)c5cc4C#N)ccc(F)c3C2=O)cn1. The van der Waals surface area contributed by atoms with Crippen LogP contribution in [0.25, 0.3) is 22.0 Å². The Hall–Kier alpha value is -5.94. The maximum Gasteiger partial charge on any atom is 0.313 e. The van der Waals surface area contributed by atoms with Crippen LogP contribution in [-0.2, 0) is 34.2 Å². The number of hydrogen-bond donors (Lipinski definition) is 2. The highest BCUT2D eigenvalue weighted by Crippen LogP contribution is 2.38. The van der Waals surface area contributed by atoms with Crippen molar-refractivity contribution < 1.29 is 33.0 Å². The molecule has 7 rings (SSSR count). The van der Waals surface area contributed by atoms with E-state index in [1.54, 1.807) is 61.0 Å². The standard InChI is InChI=1S/C40H39F2N7O5/c1-40(2,36(39(52)53)24-7-9-27(41)10-8-24)46-37(50)33(16-23-20-44-47(3)22-23)48-14-13-29-28(11-12-31(42)35(29)38(48)51)30-17-26-21-45-49(32(26)18-25(30)19-43)34-6-4-5-15-54-34/h7-12,17-18,20-22,33-34,36H,4-6,13-16H2,1-3H3,(H,46,50)(H,52,53)/t33-,34?,36?/m1/s1. The van der Waals surface area contributed by atoms with Gasteiger partial charge in [0.15, 0.2) is 6.23 Å². The smallest absolute Gasteiger partial charge is 0.313 e. The molecule has 54 heavy (non-hydrogen) atoms. The quantitative estimate of drug-likeness (QED) is 0.186. The number of benzene rings is 3. The summed E-state index contributed by atoms with van der Waals surface area (Å²) >= 11 is 0. The van der Waals surface area contributed by atoms with Crippen LogP contribution >= 0.6 is 0 Å². The lowest BCUT2D eigenvalue weighted by atomic mass is 9.81. The van der Waals surface area contributed by atoms with Crippen LogP contribution < -0.4 is 5.32 Å². The van der Waals surface area contributed by atoms with Gasteiger partial charge < -0.3 is 20.1 Å². The molecule has 0 radical (unpaired) electrons. The van der Waals surface area contributed by atoms with Crippen molar-refractivity contribution in [2.24, 2.45) is 7.05 Å². The van der Waals surface area contributed by atoms with Crippen molar-refractivity contribution in [3.63, 3.8) is 0 Å². The monoisotopic (exact) mass is 735 g/mol. The van der Waals surface area contributed by atoms with Crippen LogP contribution in [-0.4, -0.2) is 72.1 Å². The number of carbonyl (C=O) groups excluding carboxylic acids is 2. The lowest BCUT2D eigenvalue weighted by molar-refractivity contribution is -0.141. The molecule has 0 spiro atoms. The number of carbonyl (C=O) groups is 3. The Balaban J connectivity index is 1.24. The summed E-state index contributed by atoms with van der Waals surface area (Å²) in [6, 6.07) is 12.4. The molecule has 1 saturated heterocycles. The number of nitriles is 1. The number of hydrogen-bond acceptors (Lipinski definition) is 7. The first-order valence-corrected chi connectivity index (χ1v) is 17.8. The molecule has 2 N–H and O–H groups in total. The first-order valence-electron chi connectivity index (χ1n) is 17.8. The van der Waals surface area contributed by atoms with Crippen LogP contribution in [0.4, 0.5) is 8.78 Å². The van der Waals surface area contributed by atoms with E-state index < -0.39 is 46.9 Å². The average molecular weight is 736 g/mol. The van der Waals surface area contributed by atoms with E-state index in [-0.39, 0.29) is 36.7 Å². The summed E-state index contributed by atoms with van der Waals surface area (Å²) in [5.41, 5.74) is 1.82. The highest BCUT2D eigenvalue weighted by atomic mass is 19.1. The summed E-state index contributed by atoms with van der Waals surface area (Å²) < 4.78 is 38.9. The van der Waals surface area contributed by atoms with Crippen molar-refractivity contribution in [1.29, 1.82) is 5.26 Å². The summed E-state index contributed by atoms with van der Waals surface area (Å²) in [5.74, 6) is -5.18. The van der Waals surface area contributed by atoms with Gasteiger partial charge in [-0.05, 0) is 92.1 Å². The molecule has 2 aliphatic rings. The molecule has 14 heteroatoms. The number of nitrogens with one attached hydrogen (secondary N) is 1. The minimum atomic E-state index is -1.41. The minimum Gasteiger partial charge on any atom is -0.481 e. The third-order valence-electron chi connectivity index (χ3n) is 10.4. The van der Waals surface area contributed by atoms with Crippen LogP contribution in [0.1, 0.15) is 77.9 Å². The number of aromatic nitrogens is 4. The molecule has 0 saturated carbocycles. The summed E-state index contributed by atoms with van der Waals surface area (Å²) in [5, 5.41) is 32.9. The lowest BCUT2D eigenvalue weighted by Crippen LogP contribution is -2.59. The number of rotatable bonds is 10. The molecule has 12 nitrogen and oxygen atoms in total. The molecule has 2 aliphatic heterocycles. The molecule has 1 fully saturated rings. The molecular formula is C40H39F2N7O5. The fourth-order valence-electron chi connectivity index (χ4n) is 7.83. The van der Waals surface area contributed by atoms with Crippen LogP contribution in [0.15, 0.2) is 67.1 Å². The van der Waals surface area contributed by atoms with E-state index >= 15 is 4.39 Å². The van der Waals surface area contributed by atoms with Gasteiger partial charge in [-0.25, -0.2) is 13.5 Å². The lowest BCUT2D eigenvalue weighted by Gasteiger charge is -2.39. The van der Waals surface area contributed by atoms with Gasteiger partial charge in [0, 0.05) is 43.8 Å². The summed E-state index contributed by atoms with van der Waals surface area (Å²) in [4.78, 5) is 42.6. The van der Waals surface area contributed by atoms with Crippen molar-refractivity contribution in [3.8, 4) is 17.2 Å². The third-order valence-corrected chi connectivity index (χ3v) is 10.4. The second kappa shape index (κ2) is 14.5.